The molecule has 0 fully saturated rings. The van der Waals surface area contributed by atoms with Crippen molar-refractivity contribution in [1.29, 1.82) is 0 Å². The summed E-state index contributed by atoms with van der Waals surface area (Å²) in [7, 11) is -4.30. The summed E-state index contributed by atoms with van der Waals surface area (Å²) in [5, 5.41) is 9.33. The maximum absolute atomic E-state index is 11.2. The molecule has 0 saturated carbocycles. The van der Waals surface area contributed by atoms with Gasteiger partial charge in [0, 0.05) is 28.6 Å². The highest BCUT2D eigenvalue weighted by atomic mass is 32.2. The van der Waals surface area contributed by atoms with E-state index in [9.17, 15) is 8.42 Å². The van der Waals surface area contributed by atoms with Crippen molar-refractivity contribution in [2.45, 2.75) is 4.90 Å². The minimum atomic E-state index is -4.30. The van der Waals surface area contributed by atoms with Gasteiger partial charge in [0.05, 0.1) is 11.4 Å². The molecule has 0 bridgehead atoms. The van der Waals surface area contributed by atoms with E-state index in [4.69, 9.17) is 27.0 Å². The van der Waals surface area contributed by atoms with Gasteiger partial charge in [-0.1, -0.05) is 24.3 Å². The molecule has 0 amide bonds. The van der Waals surface area contributed by atoms with E-state index in [2.05, 4.69) is 0 Å². The van der Waals surface area contributed by atoms with E-state index in [1.165, 1.54) is 0 Å². The molecule has 0 saturated heterocycles. The number of anilines is 3. The van der Waals surface area contributed by atoms with Gasteiger partial charge in [-0.25, -0.2) is 5.21 Å². The van der Waals surface area contributed by atoms with E-state index in [1.807, 2.05) is 0 Å². The summed E-state index contributed by atoms with van der Waals surface area (Å²) in [4.78, 5) is -0.227. The zero-order valence-electron chi connectivity index (χ0n) is 13.1. The number of nitrogens with two attached hydrogens (primary N) is 4. The smallest absolute Gasteiger partial charge is 0.295 e. The highest BCUT2D eigenvalue weighted by molar-refractivity contribution is 7.86. The molecule has 0 atom stereocenters. The largest absolute Gasteiger partial charge is 0.399 e. The average Bonchev–Trinajstić information content (AvgIpc) is 2.58. The maximum atomic E-state index is 11.2. The molecule has 3 rings (SSSR count). The number of hydrogen-bond donors (Lipinski definition) is 6. The average molecular weight is 363 g/mol. The van der Waals surface area contributed by atoms with Crippen LogP contribution in [-0.2, 0) is 10.1 Å². The number of hydrogen-bond acceptors (Lipinski definition) is 6. The zero-order valence-corrected chi connectivity index (χ0v) is 13.9. The standard InChI is InChI=1S/C10H10N2O3S.C6H8N2O/c11-8-5-9(16(13,14)15)6-3-1-2-4-7(6)10(8)12;7-5-1-3-6(8-9)4-2-5/h1-5H,11-12H2,(H,13,14,15);1-4,8-9H,7H2/p+1. The molecule has 0 aliphatic rings. The molecule has 25 heavy (non-hydrogen) atoms. The molecule has 132 valence electrons. The number of benzene rings is 3. The third-order valence-electron chi connectivity index (χ3n) is 3.44. The van der Waals surface area contributed by atoms with E-state index in [0.29, 0.717) is 22.1 Å². The third-order valence-corrected chi connectivity index (χ3v) is 4.34. The molecule has 3 aromatic rings. The van der Waals surface area contributed by atoms with Crippen molar-refractivity contribution in [3.8, 4) is 0 Å². The van der Waals surface area contributed by atoms with Crippen LogP contribution in [-0.4, -0.2) is 18.2 Å². The molecule has 0 aliphatic carbocycles. The fourth-order valence-corrected chi connectivity index (χ4v) is 2.91. The van der Waals surface area contributed by atoms with Crippen LogP contribution >= 0.6 is 0 Å². The second kappa shape index (κ2) is 7.36. The Balaban J connectivity index is 0.000000212. The predicted octanol–water partition coefficient (Wildman–Crippen LogP) is 1.10. The van der Waals surface area contributed by atoms with Gasteiger partial charge in [-0.15, -0.1) is 0 Å². The van der Waals surface area contributed by atoms with Crippen LogP contribution < -0.4 is 22.7 Å². The lowest BCUT2D eigenvalue weighted by molar-refractivity contribution is -0.825. The van der Waals surface area contributed by atoms with Crippen molar-refractivity contribution in [3.63, 3.8) is 0 Å². The van der Waals surface area contributed by atoms with Crippen molar-refractivity contribution in [1.82, 2.24) is 0 Å². The lowest BCUT2D eigenvalue weighted by Gasteiger charge is -2.09. The minimum absolute atomic E-state index is 0.131. The minimum Gasteiger partial charge on any atom is -0.399 e. The molecule has 3 aromatic carbocycles. The fourth-order valence-electron chi connectivity index (χ4n) is 2.18. The Morgan fingerprint density at radius 1 is 0.880 bits per heavy atom. The second-order valence-corrected chi connectivity index (χ2v) is 6.58. The Morgan fingerprint density at radius 2 is 1.44 bits per heavy atom. The molecular weight excluding hydrogens is 344 g/mol. The van der Waals surface area contributed by atoms with Crippen LogP contribution in [0.15, 0.2) is 59.5 Å². The van der Waals surface area contributed by atoms with Crippen LogP contribution in [0, 0.1) is 0 Å². The predicted molar refractivity (Wildman–Crippen MR) is 96.8 cm³/mol. The number of nitrogen functional groups attached to an aromatic ring is 3. The maximum Gasteiger partial charge on any atom is 0.295 e. The van der Waals surface area contributed by atoms with E-state index < -0.39 is 10.1 Å². The topological polar surface area (TPSA) is 169 Å². The van der Waals surface area contributed by atoms with Crippen molar-refractivity contribution in [2.75, 3.05) is 17.2 Å². The summed E-state index contributed by atoms with van der Waals surface area (Å²) < 4.78 is 31.4. The van der Waals surface area contributed by atoms with Gasteiger partial charge < -0.3 is 17.2 Å². The molecule has 10 N–H and O–H groups in total. The highest BCUT2D eigenvalue weighted by Crippen LogP contribution is 2.32. The van der Waals surface area contributed by atoms with E-state index >= 15 is 0 Å². The zero-order chi connectivity index (χ0) is 18.6. The van der Waals surface area contributed by atoms with E-state index in [0.717, 1.165) is 17.2 Å². The van der Waals surface area contributed by atoms with Crippen LogP contribution in [0.4, 0.5) is 22.7 Å². The van der Waals surface area contributed by atoms with Gasteiger partial charge in [0.15, 0.2) is 5.69 Å². The first kappa shape index (κ1) is 18.5. The second-order valence-electron chi connectivity index (χ2n) is 5.19. The molecule has 0 spiro atoms. The molecule has 8 nitrogen and oxygen atoms in total. The third kappa shape index (κ3) is 4.37. The van der Waals surface area contributed by atoms with Gasteiger partial charge in [0.2, 0.25) is 0 Å². The van der Waals surface area contributed by atoms with Gasteiger partial charge in [-0.3, -0.25) is 4.55 Å². The first-order valence-electron chi connectivity index (χ1n) is 7.11. The summed E-state index contributed by atoms with van der Waals surface area (Å²) >= 11 is 0. The van der Waals surface area contributed by atoms with Gasteiger partial charge in [0.25, 0.3) is 10.1 Å². The monoisotopic (exact) mass is 363 g/mol. The molecule has 9 heteroatoms. The van der Waals surface area contributed by atoms with Crippen LogP contribution in [0.2, 0.25) is 0 Å². The van der Waals surface area contributed by atoms with Gasteiger partial charge in [-0.2, -0.15) is 13.9 Å². The summed E-state index contributed by atoms with van der Waals surface area (Å²) in [6.45, 7) is 0. The van der Waals surface area contributed by atoms with Crippen LogP contribution in [0.25, 0.3) is 10.8 Å². The fraction of sp³-hybridized carbons (Fsp3) is 0. The molecule has 0 aromatic heterocycles. The molecule has 0 aliphatic heterocycles. The molecule has 0 unspecified atom stereocenters. The lowest BCUT2D eigenvalue weighted by Crippen LogP contribution is -2.73. The van der Waals surface area contributed by atoms with Crippen LogP contribution in [0.1, 0.15) is 0 Å². The Kier molecular flexibility index (Phi) is 5.45. The van der Waals surface area contributed by atoms with Crippen LogP contribution in [0.5, 0.6) is 0 Å². The summed E-state index contributed by atoms with van der Waals surface area (Å²) in [6.07, 6.45) is 0. The molecular formula is C16H19N4O4S+. The summed E-state index contributed by atoms with van der Waals surface area (Å²) in [6, 6.07) is 14.7. The SMILES string of the molecule is Nc1cc(S(=O)(=O)O)c2ccccc2c1N.Nc1ccc([NH2+]O)cc1. The summed E-state index contributed by atoms with van der Waals surface area (Å²) in [5.41, 5.74) is 19.7. The van der Waals surface area contributed by atoms with Crippen LogP contribution in [0.3, 0.4) is 0 Å². The normalized spacial score (nSPS) is 11.0. The Bertz CT molecular complexity index is 989. The Hall–Kier alpha value is -2.85. The van der Waals surface area contributed by atoms with E-state index in [1.54, 1.807) is 48.5 Å². The highest BCUT2D eigenvalue weighted by Gasteiger charge is 2.16. The van der Waals surface area contributed by atoms with Gasteiger partial charge >= 0.3 is 0 Å². The van der Waals surface area contributed by atoms with Gasteiger partial charge in [-0.05, 0) is 18.2 Å². The first-order chi connectivity index (χ1) is 11.7. The van der Waals surface area contributed by atoms with Crippen molar-refractivity contribution in [3.05, 3.63) is 54.6 Å². The van der Waals surface area contributed by atoms with Crippen molar-refractivity contribution in [2.24, 2.45) is 0 Å². The van der Waals surface area contributed by atoms with Crippen molar-refractivity contribution >= 4 is 43.6 Å². The number of quaternary nitrogens is 1. The summed E-state index contributed by atoms with van der Waals surface area (Å²) in [5.74, 6) is 0. The van der Waals surface area contributed by atoms with Crippen molar-refractivity contribution < 1.29 is 23.7 Å². The Labute approximate surface area is 144 Å². The molecule has 0 radical (unpaired) electrons. The quantitative estimate of drug-likeness (QED) is 0.225. The first-order valence-corrected chi connectivity index (χ1v) is 8.55. The number of fused-ring (bicyclic) bond motifs is 1. The number of rotatable bonds is 2. The van der Waals surface area contributed by atoms with Gasteiger partial charge in [0.1, 0.15) is 4.90 Å². The Morgan fingerprint density at radius 3 is 1.96 bits per heavy atom. The lowest BCUT2D eigenvalue weighted by atomic mass is 10.1. The molecule has 0 heterocycles. The van der Waals surface area contributed by atoms with E-state index in [-0.39, 0.29) is 10.6 Å².